The Bertz CT molecular complexity index is 670. The van der Waals surface area contributed by atoms with Gasteiger partial charge in [-0.15, -0.1) is 0 Å². The molecule has 0 saturated carbocycles. The van der Waals surface area contributed by atoms with Gasteiger partial charge in [0, 0.05) is 6.42 Å². The van der Waals surface area contributed by atoms with E-state index in [4.69, 9.17) is 4.74 Å². The molecule has 0 aliphatic heterocycles. The minimum Gasteiger partial charge on any atom is -0.467 e. The number of hydrogen-bond donors (Lipinski definition) is 1. The maximum atomic E-state index is 13.2. The van der Waals surface area contributed by atoms with E-state index in [0.717, 1.165) is 19.2 Å². The number of rotatable bonds is 7. The van der Waals surface area contributed by atoms with E-state index in [0.29, 0.717) is 0 Å². The van der Waals surface area contributed by atoms with Gasteiger partial charge in [0.2, 0.25) is 5.91 Å². The lowest BCUT2D eigenvalue weighted by Crippen LogP contribution is -2.42. The molecule has 0 heterocycles. The molecule has 1 atom stereocenters. The largest absolute Gasteiger partial charge is 0.467 e. The van der Waals surface area contributed by atoms with Gasteiger partial charge in [-0.3, -0.25) is 9.59 Å². The number of esters is 2. The number of amides is 1. The third kappa shape index (κ3) is 7.58. The Morgan fingerprint density at radius 2 is 1.81 bits per heavy atom. The van der Waals surface area contributed by atoms with Crippen LogP contribution in [0.15, 0.2) is 18.2 Å². The molecule has 0 saturated heterocycles. The number of carbonyl (C=O) groups excluding carboxylic acids is 3. The first-order valence-electron chi connectivity index (χ1n) is 8.05. The van der Waals surface area contributed by atoms with Gasteiger partial charge in [-0.1, -0.05) is 6.07 Å². The van der Waals surface area contributed by atoms with Crippen molar-refractivity contribution >= 4 is 17.8 Å². The van der Waals surface area contributed by atoms with Crippen LogP contribution >= 0.6 is 0 Å². The molecule has 0 bridgehead atoms. The van der Waals surface area contributed by atoms with Crippen LogP contribution < -0.4 is 5.32 Å². The molecule has 1 N–H and O–H groups in total. The van der Waals surface area contributed by atoms with Crippen molar-refractivity contribution in [3.63, 3.8) is 0 Å². The van der Waals surface area contributed by atoms with E-state index >= 15 is 0 Å². The van der Waals surface area contributed by atoms with Gasteiger partial charge in [0.25, 0.3) is 0 Å². The van der Waals surface area contributed by atoms with Crippen molar-refractivity contribution in [2.45, 2.75) is 51.7 Å². The van der Waals surface area contributed by atoms with Crippen molar-refractivity contribution in [3.05, 3.63) is 35.4 Å². The molecule has 0 unspecified atom stereocenters. The number of benzene rings is 1. The second-order valence-electron chi connectivity index (χ2n) is 6.69. The summed E-state index contributed by atoms with van der Waals surface area (Å²) in [6.07, 6.45) is -0.356. The van der Waals surface area contributed by atoms with Crippen LogP contribution in [0, 0.1) is 11.6 Å². The molecule has 0 fully saturated rings. The average molecular weight is 371 g/mol. The lowest BCUT2D eigenvalue weighted by atomic mass is 10.1. The van der Waals surface area contributed by atoms with Crippen LogP contribution in [-0.4, -0.2) is 36.6 Å². The smallest absolute Gasteiger partial charge is 0.328 e. The van der Waals surface area contributed by atoms with E-state index < -0.39 is 41.1 Å². The Hall–Kier alpha value is -2.51. The highest BCUT2D eigenvalue weighted by molar-refractivity contribution is 5.86. The molecule has 26 heavy (non-hydrogen) atoms. The first-order chi connectivity index (χ1) is 12.0. The van der Waals surface area contributed by atoms with E-state index in [1.807, 2.05) is 0 Å². The van der Waals surface area contributed by atoms with Crippen molar-refractivity contribution < 1.29 is 32.6 Å². The first-order valence-corrected chi connectivity index (χ1v) is 8.05. The number of ether oxygens (including phenoxy) is 2. The van der Waals surface area contributed by atoms with E-state index in [1.165, 1.54) is 6.07 Å². The molecule has 1 aromatic rings. The summed E-state index contributed by atoms with van der Waals surface area (Å²) in [7, 11) is 1.16. The number of nitrogens with one attached hydrogen (secondary N) is 1. The average Bonchev–Trinajstić information content (AvgIpc) is 2.52. The van der Waals surface area contributed by atoms with E-state index in [2.05, 4.69) is 10.1 Å². The van der Waals surface area contributed by atoms with Crippen molar-refractivity contribution in [3.8, 4) is 0 Å². The van der Waals surface area contributed by atoms with Crippen molar-refractivity contribution in [2.75, 3.05) is 7.11 Å². The van der Waals surface area contributed by atoms with Crippen LogP contribution in [0.5, 0.6) is 0 Å². The number of carbonyl (C=O) groups is 3. The Morgan fingerprint density at radius 3 is 2.35 bits per heavy atom. The number of hydrogen-bond acceptors (Lipinski definition) is 5. The number of halogens is 2. The van der Waals surface area contributed by atoms with E-state index in [9.17, 15) is 23.2 Å². The molecule has 0 aromatic heterocycles. The molecular weight excluding hydrogens is 348 g/mol. The van der Waals surface area contributed by atoms with Crippen molar-refractivity contribution in [1.82, 2.24) is 5.32 Å². The quantitative estimate of drug-likeness (QED) is 0.744. The zero-order valence-corrected chi connectivity index (χ0v) is 15.2. The zero-order valence-electron chi connectivity index (χ0n) is 15.2. The summed E-state index contributed by atoms with van der Waals surface area (Å²) < 4.78 is 35.9. The number of methoxy groups -OCH3 is 1. The molecule has 144 valence electrons. The van der Waals surface area contributed by atoms with Crippen LogP contribution in [0.2, 0.25) is 0 Å². The molecule has 6 nitrogen and oxygen atoms in total. The van der Waals surface area contributed by atoms with Crippen molar-refractivity contribution in [1.29, 1.82) is 0 Å². The van der Waals surface area contributed by atoms with Crippen LogP contribution in [0.1, 0.15) is 39.2 Å². The first kappa shape index (κ1) is 21.5. The summed E-state index contributed by atoms with van der Waals surface area (Å²) in [5, 5.41) is 2.43. The summed E-state index contributed by atoms with van der Waals surface area (Å²) in [4.78, 5) is 35.6. The van der Waals surface area contributed by atoms with E-state index in [-0.39, 0.29) is 24.8 Å². The predicted molar refractivity (Wildman–Crippen MR) is 89.1 cm³/mol. The lowest BCUT2D eigenvalue weighted by Gasteiger charge is -2.21. The summed E-state index contributed by atoms with van der Waals surface area (Å²) in [6, 6.07) is 2.04. The molecule has 0 aliphatic rings. The molecule has 1 amide bonds. The summed E-state index contributed by atoms with van der Waals surface area (Å²) in [5.74, 6) is -3.90. The fourth-order valence-electron chi connectivity index (χ4n) is 2.13. The predicted octanol–water partition coefficient (Wildman–Crippen LogP) is 2.29. The Kier molecular flexibility index (Phi) is 7.67. The Labute approximate surface area is 150 Å². The van der Waals surface area contributed by atoms with E-state index in [1.54, 1.807) is 20.8 Å². The topological polar surface area (TPSA) is 81.7 Å². The maximum Gasteiger partial charge on any atom is 0.328 e. The van der Waals surface area contributed by atoms with Gasteiger partial charge >= 0.3 is 11.9 Å². The lowest BCUT2D eigenvalue weighted by molar-refractivity contribution is -0.155. The Morgan fingerprint density at radius 1 is 1.15 bits per heavy atom. The van der Waals surface area contributed by atoms with Gasteiger partial charge in [0.1, 0.15) is 11.6 Å². The van der Waals surface area contributed by atoms with Crippen LogP contribution in [0.25, 0.3) is 0 Å². The molecule has 0 aliphatic carbocycles. The van der Waals surface area contributed by atoms with Gasteiger partial charge in [0.05, 0.1) is 13.5 Å². The minimum absolute atomic E-state index is 0.00882. The standard InChI is InChI=1S/C18H23F2NO5/c1-18(2,3)26-16(23)8-7-14(17(24)25-4)21-15(22)10-11-5-6-12(19)13(20)9-11/h5-6,9,14H,7-8,10H2,1-4H3,(H,21,22)/t14-/m1/s1. The molecule has 1 aromatic carbocycles. The molecular formula is C18H23F2NO5. The third-order valence-corrected chi connectivity index (χ3v) is 3.23. The second-order valence-corrected chi connectivity index (χ2v) is 6.69. The van der Waals surface area contributed by atoms with Crippen LogP contribution in [0.4, 0.5) is 8.78 Å². The third-order valence-electron chi connectivity index (χ3n) is 3.23. The van der Waals surface area contributed by atoms with Crippen LogP contribution in [0.3, 0.4) is 0 Å². The highest BCUT2D eigenvalue weighted by Crippen LogP contribution is 2.12. The van der Waals surface area contributed by atoms with Crippen molar-refractivity contribution in [2.24, 2.45) is 0 Å². The summed E-state index contributed by atoms with van der Waals surface area (Å²) >= 11 is 0. The SMILES string of the molecule is COC(=O)[C@@H](CCC(=O)OC(C)(C)C)NC(=O)Cc1ccc(F)c(F)c1. The normalized spacial score (nSPS) is 12.2. The summed E-state index contributed by atoms with van der Waals surface area (Å²) in [6.45, 7) is 5.14. The van der Waals surface area contributed by atoms with Crippen LogP contribution in [-0.2, 0) is 30.3 Å². The highest BCUT2D eigenvalue weighted by atomic mass is 19.2. The van der Waals surface area contributed by atoms with Gasteiger partial charge in [0.15, 0.2) is 11.6 Å². The minimum atomic E-state index is -1.07. The molecule has 0 radical (unpaired) electrons. The maximum absolute atomic E-state index is 13.2. The van der Waals surface area contributed by atoms with Gasteiger partial charge in [-0.25, -0.2) is 13.6 Å². The van der Waals surface area contributed by atoms with Gasteiger partial charge in [-0.05, 0) is 44.9 Å². The molecule has 0 spiro atoms. The van der Waals surface area contributed by atoms with Gasteiger partial charge < -0.3 is 14.8 Å². The highest BCUT2D eigenvalue weighted by Gasteiger charge is 2.24. The Balaban J connectivity index is 2.65. The fraction of sp³-hybridized carbons (Fsp3) is 0.500. The summed E-state index contributed by atoms with van der Waals surface area (Å²) in [5.41, 5.74) is -0.412. The molecule has 1 rings (SSSR count). The fourth-order valence-corrected chi connectivity index (χ4v) is 2.13. The second kappa shape index (κ2) is 9.26. The monoisotopic (exact) mass is 371 g/mol. The van der Waals surface area contributed by atoms with Gasteiger partial charge in [-0.2, -0.15) is 0 Å². The zero-order chi connectivity index (χ0) is 19.9. The molecule has 8 heteroatoms.